The van der Waals surface area contributed by atoms with E-state index in [2.05, 4.69) is 36.5 Å². The Balaban J connectivity index is 1.64. The number of amides is 1. The van der Waals surface area contributed by atoms with E-state index in [0.29, 0.717) is 25.3 Å². The van der Waals surface area contributed by atoms with Gasteiger partial charge >= 0.3 is 0 Å². The first-order chi connectivity index (χ1) is 14.8. The molecule has 6 nitrogen and oxygen atoms in total. The molecule has 1 saturated heterocycles. The van der Waals surface area contributed by atoms with Crippen molar-refractivity contribution in [3.05, 3.63) is 59.2 Å². The molecular weight excluding hydrogens is 410 g/mol. The average molecular weight is 444 g/mol. The molecule has 0 bridgehead atoms. The molecule has 2 aromatic rings. The molecule has 1 amide bonds. The summed E-state index contributed by atoms with van der Waals surface area (Å²) in [5.74, 6) is -0.164. The highest BCUT2D eigenvalue weighted by molar-refractivity contribution is 7.89. The summed E-state index contributed by atoms with van der Waals surface area (Å²) in [5.41, 5.74) is 3.82. The van der Waals surface area contributed by atoms with Crippen molar-refractivity contribution in [2.45, 2.75) is 51.0 Å². The number of benzene rings is 2. The first-order valence-electron chi connectivity index (χ1n) is 11.0. The van der Waals surface area contributed by atoms with Gasteiger partial charge in [0, 0.05) is 25.3 Å². The maximum atomic E-state index is 13.0. The number of nitrogens with zero attached hydrogens (tertiary/aromatic N) is 2. The van der Waals surface area contributed by atoms with Gasteiger partial charge in [0.2, 0.25) is 15.9 Å². The van der Waals surface area contributed by atoms with Crippen molar-refractivity contribution in [2.75, 3.05) is 32.0 Å². The number of likely N-dealkylation sites (N-methyl/N-ethyl adjacent to an activating group) is 1. The molecule has 7 heteroatoms. The minimum Gasteiger partial charge on any atom is -0.325 e. The van der Waals surface area contributed by atoms with E-state index in [-0.39, 0.29) is 17.3 Å². The highest BCUT2D eigenvalue weighted by Gasteiger charge is 2.26. The second-order valence-electron chi connectivity index (χ2n) is 8.33. The van der Waals surface area contributed by atoms with Crippen molar-refractivity contribution in [3.63, 3.8) is 0 Å². The number of rotatable bonds is 8. The van der Waals surface area contributed by atoms with Crippen molar-refractivity contribution in [1.29, 1.82) is 0 Å². The molecule has 1 heterocycles. The van der Waals surface area contributed by atoms with Crippen molar-refractivity contribution in [1.82, 2.24) is 9.21 Å². The molecule has 0 atom stereocenters. The van der Waals surface area contributed by atoms with Crippen molar-refractivity contribution in [2.24, 2.45) is 0 Å². The molecule has 1 aliphatic heterocycles. The number of carbonyl (C=O) groups excluding carboxylic acids is 1. The van der Waals surface area contributed by atoms with Gasteiger partial charge in [0.05, 0.1) is 11.4 Å². The molecular formula is C24H33N3O3S. The summed E-state index contributed by atoms with van der Waals surface area (Å²) in [5, 5.41) is 2.90. The third kappa shape index (κ3) is 6.15. The molecule has 0 unspecified atom stereocenters. The molecule has 0 radical (unpaired) electrons. The lowest BCUT2D eigenvalue weighted by molar-refractivity contribution is -0.117. The number of hydrogen-bond donors (Lipinski definition) is 1. The third-order valence-electron chi connectivity index (χ3n) is 5.73. The highest BCUT2D eigenvalue weighted by Crippen LogP contribution is 2.25. The standard InChI is InChI=1S/C24H33N3O3S/c1-4-20-9-11-21(12-10-20)17-26(3)18-24(28)25-23-16-22(13-8-19(23)2)31(29,30)27-14-6-5-7-15-27/h8-13,16H,4-7,14-15,17-18H2,1-3H3,(H,25,28). The van der Waals surface area contributed by atoms with E-state index in [9.17, 15) is 13.2 Å². The summed E-state index contributed by atoms with van der Waals surface area (Å²) in [6.07, 6.45) is 3.85. The van der Waals surface area contributed by atoms with Crippen LogP contribution in [0, 0.1) is 6.92 Å². The topological polar surface area (TPSA) is 69.7 Å². The van der Waals surface area contributed by atoms with Gasteiger partial charge in [0.25, 0.3) is 0 Å². The quantitative estimate of drug-likeness (QED) is 0.674. The molecule has 0 aromatic heterocycles. The van der Waals surface area contributed by atoms with Gasteiger partial charge in [-0.2, -0.15) is 4.31 Å². The Morgan fingerprint density at radius 1 is 1.03 bits per heavy atom. The van der Waals surface area contributed by atoms with Gasteiger partial charge in [0.1, 0.15) is 0 Å². The molecule has 168 valence electrons. The number of piperidine rings is 1. The van der Waals surface area contributed by atoms with Crippen LogP contribution in [-0.2, 0) is 27.8 Å². The van der Waals surface area contributed by atoms with Gasteiger partial charge in [-0.25, -0.2) is 8.42 Å². The number of carbonyl (C=O) groups is 1. The third-order valence-corrected chi connectivity index (χ3v) is 7.63. The van der Waals surface area contributed by atoms with Gasteiger partial charge in [0.15, 0.2) is 0 Å². The fourth-order valence-electron chi connectivity index (χ4n) is 3.83. The van der Waals surface area contributed by atoms with Gasteiger partial charge < -0.3 is 5.32 Å². The first kappa shape index (κ1) is 23.4. The Labute approximate surface area is 186 Å². The Bertz CT molecular complexity index is 997. The fraction of sp³-hybridized carbons (Fsp3) is 0.458. The zero-order valence-electron chi connectivity index (χ0n) is 18.7. The fourth-order valence-corrected chi connectivity index (χ4v) is 5.38. The zero-order chi connectivity index (χ0) is 22.4. The molecule has 3 rings (SSSR count). The molecule has 0 aliphatic carbocycles. The van der Waals surface area contributed by atoms with Crippen LogP contribution in [0.25, 0.3) is 0 Å². The maximum absolute atomic E-state index is 13.0. The monoisotopic (exact) mass is 443 g/mol. The minimum absolute atomic E-state index is 0.164. The van der Waals surface area contributed by atoms with Crippen LogP contribution >= 0.6 is 0 Å². The van der Waals surface area contributed by atoms with Crippen molar-refractivity contribution < 1.29 is 13.2 Å². The molecule has 1 N–H and O–H groups in total. The van der Waals surface area contributed by atoms with E-state index in [1.54, 1.807) is 22.5 Å². The lowest BCUT2D eigenvalue weighted by atomic mass is 10.1. The molecule has 31 heavy (non-hydrogen) atoms. The smallest absolute Gasteiger partial charge is 0.243 e. The summed E-state index contributed by atoms with van der Waals surface area (Å²) >= 11 is 0. The van der Waals surface area contributed by atoms with E-state index >= 15 is 0 Å². The molecule has 1 aliphatic rings. The Morgan fingerprint density at radius 2 is 1.68 bits per heavy atom. The van der Waals surface area contributed by atoms with Crippen LogP contribution in [-0.4, -0.2) is 50.2 Å². The van der Waals surface area contributed by atoms with Crippen LogP contribution in [0.1, 0.15) is 42.9 Å². The number of sulfonamides is 1. The number of anilines is 1. The summed E-state index contributed by atoms with van der Waals surface area (Å²) < 4.78 is 27.5. The highest BCUT2D eigenvalue weighted by atomic mass is 32.2. The van der Waals surface area contributed by atoms with Crippen LogP contribution in [0.5, 0.6) is 0 Å². The molecule has 2 aromatic carbocycles. The van der Waals surface area contributed by atoms with E-state index in [4.69, 9.17) is 0 Å². The lowest BCUT2D eigenvalue weighted by Gasteiger charge is -2.26. The predicted octanol–water partition coefficient (Wildman–Crippen LogP) is 3.80. The largest absolute Gasteiger partial charge is 0.325 e. The van der Waals surface area contributed by atoms with E-state index < -0.39 is 10.0 Å². The Kier molecular flexibility index (Phi) is 7.86. The lowest BCUT2D eigenvalue weighted by Crippen LogP contribution is -2.35. The maximum Gasteiger partial charge on any atom is 0.243 e. The normalized spacial score (nSPS) is 15.2. The van der Waals surface area contributed by atoms with Gasteiger partial charge in [-0.1, -0.05) is 43.7 Å². The minimum atomic E-state index is -3.54. The van der Waals surface area contributed by atoms with Crippen LogP contribution in [0.15, 0.2) is 47.4 Å². The van der Waals surface area contributed by atoms with E-state index in [0.717, 1.165) is 36.8 Å². The van der Waals surface area contributed by atoms with Crippen LogP contribution < -0.4 is 5.32 Å². The summed E-state index contributed by atoms with van der Waals surface area (Å²) in [6.45, 7) is 5.99. The second-order valence-corrected chi connectivity index (χ2v) is 10.3. The number of hydrogen-bond acceptors (Lipinski definition) is 4. The van der Waals surface area contributed by atoms with Crippen molar-refractivity contribution in [3.8, 4) is 0 Å². The average Bonchev–Trinajstić information content (AvgIpc) is 2.76. The van der Waals surface area contributed by atoms with Crippen molar-refractivity contribution >= 4 is 21.6 Å². The second kappa shape index (κ2) is 10.4. The van der Waals surface area contributed by atoms with Crippen LogP contribution in [0.4, 0.5) is 5.69 Å². The summed E-state index contributed by atoms with van der Waals surface area (Å²) in [7, 11) is -1.63. The Hall–Kier alpha value is -2.22. The van der Waals surface area contributed by atoms with E-state index in [1.165, 1.54) is 5.56 Å². The molecule has 1 fully saturated rings. The SMILES string of the molecule is CCc1ccc(CN(C)CC(=O)Nc2cc(S(=O)(=O)N3CCCCC3)ccc2C)cc1. The van der Waals surface area contributed by atoms with Gasteiger partial charge in [-0.15, -0.1) is 0 Å². The summed E-state index contributed by atoms with van der Waals surface area (Å²) in [6, 6.07) is 13.4. The zero-order valence-corrected chi connectivity index (χ0v) is 19.5. The molecule has 0 spiro atoms. The van der Waals surface area contributed by atoms with Gasteiger partial charge in [-0.05, 0) is 62.1 Å². The van der Waals surface area contributed by atoms with Crippen LogP contribution in [0.2, 0.25) is 0 Å². The summed E-state index contributed by atoms with van der Waals surface area (Å²) in [4.78, 5) is 14.8. The van der Waals surface area contributed by atoms with Gasteiger partial charge in [-0.3, -0.25) is 9.69 Å². The molecule has 0 saturated carbocycles. The van der Waals surface area contributed by atoms with Crippen LogP contribution in [0.3, 0.4) is 0 Å². The number of nitrogens with one attached hydrogen (secondary N) is 1. The Morgan fingerprint density at radius 3 is 2.32 bits per heavy atom. The predicted molar refractivity (Wildman–Crippen MR) is 125 cm³/mol. The first-order valence-corrected chi connectivity index (χ1v) is 12.4. The van der Waals surface area contributed by atoms with E-state index in [1.807, 2.05) is 18.9 Å². The number of aryl methyl sites for hydroxylation is 2.